The summed E-state index contributed by atoms with van der Waals surface area (Å²) in [4.78, 5) is 39.7. The van der Waals surface area contributed by atoms with Crippen LogP contribution in [0.1, 0.15) is 68.8 Å². The summed E-state index contributed by atoms with van der Waals surface area (Å²) in [6.45, 7) is 0.560. The molecule has 7 N–H and O–H groups in total. The number of benzene rings is 2. The van der Waals surface area contributed by atoms with Crippen molar-refractivity contribution in [1.82, 2.24) is 0 Å². The van der Waals surface area contributed by atoms with Crippen LogP contribution in [0, 0.1) is 0 Å². The van der Waals surface area contributed by atoms with Crippen molar-refractivity contribution in [3.8, 4) is 17.2 Å². The zero-order chi connectivity index (χ0) is 28.4. The van der Waals surface area contributed by atoms with E-state index in [1.807, 2.05) is 0 Å². The van der Waals surface area contributed by atoms with Gasteiger partial charge in [-0.15, -0.1) is 0 Å². The van der Waals surface area contributed by atoms with Crippen LogP contribution < -0.4 is 10.5 Å². The average molecular weight is 544 g/mol. The van der Waals surface area contributed by atoms with Gasteiger partial charge in [-0.25, -0.2) is 0 Å². The third-order valence-corrected chi connectivity index (χ3v) is 7.81. The lowest BCUT2D eigenvalue weighted by molar-refractivity contribution is -0.247. The molecule has 0 unspecified atom stereocenters. The van der Waals surface area contributed by atoms with Crippen LogP contribution in [-0.4, -0.2) is 86.7 Å². The Morgan fingerprint density at radius 2 is 1.85 bits per heavy atom. The third kappa shape index (κ3) is 4.11. The van der Waals surface area contributed by atoms with E-state index >= 15 is 0 Å². The third-order valence-electron chi connectivity index (χ3n) is 7.81. The number of aromatic hydroxyl groups is 2. The molecule has 12 nitrogen and oxygen atoms in total. The van der Waals surface area contributed by atoms with Crippen molar-refractivity contribution >= 4 is 17.3 Å². The van der Waals surface area contributed by atoms with Crippen LogP contribution in [0.15, 0.2) is 18.2 Å². The van der Waals surface area contributed by atoms with Crippen molar-refractivity contribution in [2.24, 2.45) is 5.73 Å². The molecule has 208 valence electrons. The van der Waals surface area contributed by atoms with Crippen LogP contribution in [0.2, 0.25) is 0 Å². The minimum Gasteiger partial charge on any atom is -0.507 e. The Bertz CT molecular complexity index is 1380. The zero-order valence-corrected chi connectivity index (χ0v) is 21.2. The molecular weight excluding hydrogens is 514 g/mol. The number of carbonyl (C=O) groups is 3. The van der Waals surface area contributed by atoms with Gasteiger partial charge in [-0.1, -0.05) is 12.1 Å². The number of phenolic OH excluding ortho intramolecular Hbond substituents is 2. The number of hydrogen-bond acceptors (Lipinski definition) is 12. The van der Waals surface area contributed by atoms with Gasteiger partial charge in [-0.3, -0.25) is 14.4 Å². The Kier molecular flexibility index (Phi) is 6.74. The molecule has 2 aromatic rings. The summed E-state index contributed by atoms with van der Waals surface area (Å²) in [5.74, 6) is -3.77. The molecule has 0 bridgehead atoms. The maximum Gasteiger partial charge on any atom is 0.202 e. The largest absolute Gasteiger partial charge is 0.507 e. The smallest absolute Gasteiger partial charge is 0.202 e. The van der Waals surface area contributed by atoms with Crippen molar-refractivity contribution in [1.29, 1.82) is 0 Å². The molecule has 0 radical (unpaired) electrons. The highest BCUT2D eigenvalue weighted by Crippen LogP contribution is 2.52. The number of Topliss-reactive ketones (excluding diaryl/α,β-unsaturated/α-hetero) is 1. The maximum atomic E-state index is 13.6. The first-order chi connectivity index (χ1) is 18.4. The number of ether oxygens (including phenoxy) is 3. The van der Waals surface area contributed by atoms with Gasteiger partial charge in [-0.05, 0) is 13.0 Å². The maximum absolute atomic E-state index is 13.6. The van der Waals surface area contributed by atoms with Gasteiger partial charge in [0, 0.05) is 42.0 Å². The molecule has 39 heavy (non-hydrogen) atoms. The molecular formula is C27H29NO11. The predicted octanol–water partition coefficient (Wildman–Crippen LogP) is 0.00130. The van der Waals surface area contributed by atoms with E-state index in [1.54, 1.807) is 6.92 Å². The quantitative estimate of drug-likeness (QED) is 0.235. The molecule has 0 spiro atoms. The van der Waals surface area contributed by atoms with E-state index in [4.69, 9.17) is 19.9 Å². The molecule has 0 amide bonds. The van der Waals surface area contributed by atoms with Crippen LogP contribution in [0.25, 0.3) is 0 Å². The fraction of sp³-hybridized carbons (Fsp3) is 0.444. The number of hydrogen-bond donors (Lipinski definition) is 6. The SMILES string of the molecule is COc1cccc2c1C(=O)c1c(O)c3c(c(O)c1C2=O)C[C@@](O)(C(=O)CO)C[C@H]3O[C@H]1C[C@H](N)[C@@H](O)[C@H](C)O1. The fourth-order valence-corrected chi connectivity index (χ4v) is 5.75. The summed E-state index contributed by atoms with van der Waals surface area (Å²) in [5, 5.41) is 53.7. The summed E-state index contributed by atoms with van der Waals surface area (Å²) >= 11 is 0. The van der Waals surface area contributed by atoms with Crippen LogP contribution in [0.5, 0.6) is 17.2 Å². The fourth-order valence-electron chi connectivity index (χ4n) is 5.75. The minimum atomic E-state index is -2.24. The number of carbonyl (C=O) groups excluding carboxylic acids is 3. The highest BCUT2D eigenvalue weighted by atomic mass is 16.7. The van der Waals surface area contributed by atoms with E-state index in [1.165, 1.54) is 25.3 Å². The van der Waals surface area contributed by atoms with Gasteiger partial charge in [0.2, 0.25) is 5.78 Å². The zero-order valence-electron chi connectivity index (χ0n) is 21.2. The molecule has 1 saturated heterocycles. The van der Waals surface area contributed by atoms with E-state index in [0.717, 1.165) is 0 Å². The molecule has 6 atom stereocenters. The lowest BCUT2D eigenvalue weighted by Crippen LogP contribution is -2.53. The minimum absolute atomic E-state index is 0.0173. The first-order valence-corrected chi connectivity index (χ1v) is 12.4. The molecule has 1 fully saturated rings. The van der Waals surface area contributed by atoms with Gasteiger partial charge >= 0.3 is 0 Å². The van der Waals surface area contributed by atoms with Gasteiger partial charge in [0.25, 0.3) is 0 Å². The number of aliphatic hydroxyl groups is 3. The number of rotatable bonds is 5. The first-order valence-electron chi connectivity index (χ1n) is 12.4. The molecule has 2 aromatic carbocycles. The molecule has 5 rings (SSSR count). The lowest BCUT2D eigenvalue weighted by atomic mass is 9.72. The molecule has 12 heteroatoms. The number of methoxy groups -OCH3 is 1. The predicted molar refractivity (Wildman–Crippen MR) is 132 cm³/mol. The van der Waals surface area contributed by atoms with E-state index in [2.05, 4.69) is 0 Å². The van der Waals surface area contributed by atoms with Crippen LogP contribution in [0.3, 0.4) is 0 Å². The first kappa shape index (κ1) is 27.2. The molecule has 3 aliphatic rings. The number of phenols is 2. The Hall–Kier alpha value is -3.39. The van der Waals surface area contributed by atoms with Gasteiger partial charge < -0.3 is 45.5 Å². The van der Waals surface area contributed by atoms with Gasteiger partial charge in [0.15, 0.2) is 17.9 Å². The summed E-state index contributed by atoms with van der Waals surface area (Å²) in [6, 6.07) is 3.64. The number of aliphatic hydroxyl groups excluding tert-OH is 2. The van der Waals surface area contributed by atoms with E-state index in [0.29, 0.717) is 0 Å². The van der Waals surface area contributed by atoms with Crippen LogP contribution >= 0.6 is 0 Å². The summed E-state index contributed by atoms with van der Waals surface area (Å²) in [7, 11) is 1.32. The summed E-state index contributed by atoms with van der Waals surface area (Å²) in [6.07, 6.45) is -5.12. The van der Waals surface area contributed by atoms with Crippen molar-refractivity contribution in [2.45, 2.75) is 62.4 Å². The molecule has 1 heterocycles. The Morgan fingerprint density at radius 1 is 1.15 bits per heavy atom. The number of fused-ring (bicyclic) bond motifs is 3. The second-order valence-corrected chi connectivity index (χ2v) is 10.2. The topological polar surface area (TPSA) is 206 Å². The second-order valence-electron chi connectivity index (χ2n) is 10.2. The van der Waals surface area contributed by atoms with Crippen LogP contribution in [-0.2, 0) is 20.7 Å². The van der Waals surface area contributed by atoms with Crippen molar-refractivity contribution in [2.75, 3.05) is 13.7 Å². The van der Waals surface area contributed by atoms with Gasteiger partial charge in [-0.2, -0.15) is 0 Å². The molecule has 0 aromatic heterocycles. The number of nitrogens with two attached hydrogens (primary N) is 1. The van der Waals surface area contributed by atoms with Crippen LogP contribution in [0.4, 0.5) is 0 Å². The highest BCUT2D eigenvalue weighted by molar-refractivity contribution is 6.31. The molecule has 0 saturated carbocycles. The van der Waals surface area contributed by atoms with E-state index in [9.17, 15) is 39.9 Å². The van der Waals surface area contributed by atoms with E-state index in [-0.39, 0.29) is 34.4 Å². The van der Waals surface area contributed by atoms with Gasteiger partial charge in [0.05, 0.1) is 42.1 Å². The number of ketones is 3. The Labute approximate surface area is 222 Å². The highest BCUT2D eigenvalue weighted by Gasteiger charge is 2.50. The van der Waals surface area contributed by atoms with Crippen molar-refractivity contribution in [3.63, 3.8) is 0 Å². The summed E-state index contributed by atoms with van der Waals surface area (Å²) < 4.78 is 17.0. The monoisotopic (exact) mass is 543 g/mol. The Balaban J connectivity index is 1.69. The Morgan fingerprint density at radius 3 is 2.49 bits per heavy atom. The molecule has 2 aliphatic carbocycles. The van der Waals surface area contributed by atoms with E-state index < -0.39 is 95.7 Å². The normalized spacial score (nSPS) is 29.8. The van der Waals surface area contributed by atoms with Gasteiger partial charge in [0.1, 0.15) is 29.5 Å². The standard InChI is InChI=1S/C27H29NO11/c1-10-22(31)13(28)6-17(38-10)39-15-8-27(36,16(30)9-29)7-12-19(15)26(35)21-20(24(12)33)23(32)11-4-3-5-14(37-2)18(11)25(21)34/h3-5,10,13,15,17,22,29,31,33,35-36H,6-9,28H2,1-2H3/t10-,13-,15+,17-,22-,27-/m0/s1. The van der Waals surface area contributed by atoms with Crippen molar-refractivity contribution < 1.29 is 54.1 Å². The second kappa shape index (κ2) is 9.66. The lowest BCUT2D eigenvalue weighted by Gasteiger charge is -2.42. The average Bonchev–Trinajstić information content (AvgIpc) is 2.90. The van der Waals surface area contributed by atoms with Crippen molar-refractivity contribution in [3.05, 3.63) is 51.6 Å². The molecule has 1 aliphatic heterocycles. The summed E-state index contributed by atoms with van der Waals surface area (Å²) in [5.41, 5.74) is 2.37.